The van der Waals surface area contributed by atoms with Crippen LogP contribution in [0.5, 0.6) is 0 Å². The minimum atomic E-state index is -0.245. The molecule has 4 heteroatoms. The van der Waals surface area contributed by atoms with E-state index in [-0.39, 0.29) is 18.3 Å². The highest BCUT2D eigenvalue weighted by molar-refractivity contribution is 5.92. The molecule has 2 aromatic rings. The fourth-order valence-electron chi connectivity index (χ4n) is 2.24. The van der Waals surface area contributed by atoms with Crippen molar-refractivity contribution in [3.05, 3.63) is 65.5 Å². The predicted octanol–water partition coefficient (Wildman–Crippen LogP) is 3.46. The Morgan fingerprint density at radius 2 is 1.82 bits per heavy atom. The molecule has 0 aliphatic rings. The first-order valence-corrected chi connectivity index (χ1v) is 7.39. The number of aryl methyl sites for hydroxylation is 1. The summed E-state index contributed by atoms with van der Waals surface area (Å²) in [5.74, 6) is -0.354. The molecule has 116 valence electrons. The van der Waals surface area contributed by atoms with Gasteiger partial charge in [-0.3, -0.25) is 9.69 Å². The van der Waals surface area contributed by atoms with Gasteiger partial charge in [-0.25, -0.2) is 4.39 Å². The van der Waals surface area contributed by atoms with Gasteiger partial charge in [0.25, 0.3) is 0 Å². The summed E-state index contributed by atoms with van der Waals surface area (Å²) in [5.41, 5.74) is 2.60. The Morgan fingerprint density at radius 1 is 1.14 bits per heavy atom. The molecule has 0 aliphatic heterocycles. The smallest absolute Gasteiger partial charge is 0.238 e. The van der Waals surface area contributed by atoms with Crippen LogP contribution >= 0.6 is 0 Å². The minimum absolute atomic E-state index is 0.108. The molecule has 2 rings (SSSR count). The molecule has 1 N–H and O–H groups in total. The molecule has 0 saturated heterocycles. The van der Waals surface area contributed by atoms with Gasteiger partial charge in [-0.15, -0.1) is 0 Å². The van der Waals surface area contributed by atoms with Crippen LogP contribution in [-0.2, 0) is 17.8 Å². The van der Waals surface area contributed by atoms with Gasteiger partial charge in [0.2, 0.25) is 5.91 Å². The van der Waals surface area contributed by atoms with Crippen molar-refractivity contribution in [2.24, 2.45) is 0 Å². The number of carbonyl (C=O) groups is 1. The zero-order chi connectivity index (χ0) is 15.9. The molecule has 0 aromatic heterocycles. The van der Waals surface area contributed by atoms with Crippen LogP contribution in [0.15, 0.2) is 48.5 Å². The van der Waals surface area contributed by atoms with Crippen molar-refractivity contribution < 1.29 is 9.18 Å². The van der Waals surface area contributed by atoms with E-state index in [0.29, 0.717) is 12.1 Å². The zero-order valence-corrected chi connectivity index (χ0v) is 13.0. The lowest BCUT2D eigenvalue weighted by Crippen LogP contribution is -2.30. The van der Waals surface area contributed by atoms with E-state index >= 15 is 0 Å². The molecule has 0 spiro atoms. The van der Waals surface area contributed by atoms with E-state index in [4.69, 9.17) is 0 Å². The van der Waals surface area contributed by atoms with Gasteiger partial charge in [-0.2, -0.15) is 0 Å². The average molecular weight is 300 g/mol. The number of likely N-dealkylation sites (N-methyl/N-ethyl adjacent to an activating group) is 1. The second-order valence-electron chi connectivity index (χ2n) is 5.36. The highest BCUT2D eigenvalue weighted by Gasteiger charge is 2.09. The van der Waals surface area contributed by atoms with E-state index in [2.05, 4.69) is 12.2 Å². The summed E-state index contributed by atoms with van der Waals surface area (Å²) in [5, 5.41) is 2.85. The van der Waals surface area contributed by atoms with Gasteiger partial charge in [0.05, 0.1) is 6.54 Å². The van der Waals surface area contributed by atoms with Gasteiger partial charge in [0.1, 0.15) is 5.82 Å². The van der Waals surface area contributed by atoms with Gasteiger partial charge >= 0.3 is 0 Å². The van der Waals surface area contributed by atoms with Gasteiger partial charge in [0.15, 0.2) is 0 Å². The summed E-state index contributed by atoms with van der Waals surface area (Å²) in [4.78, 5) is 13.8. The SMILES string of the molecule is CCc1ccc(NC(=O)CN(C)Cc2ccccc2F)cc1. The number of rotatable bonds is 6. The topological polar surface area (TPSA) is 32.3 Å². The lowest BCUT2D eigenvalue weighted by Gasteiger charge is -2.16. The maximum Gasteiger partial charge on any atom is 0.238 e. The van der Waals surface area contributed by atoms with E-state index < -0.39 is 0 Å². The van der Waals surface area contributed by atoms with E-state index in [1.165, 1.54) is 11.6 Å². The Hall–Kier alpha value is -2.20. The van der Waals surface area contributed by atoms with Gasteiger partial charge in [-0.1, -0.05) is 37.3 Å². The molecule has 0 aliphatic carbocycles. The Kier molecular flexibility index (Phi) is 5.67. The molecule has 0 heterocycles. The molecule has 22 heavy (non-hydrogen) atoms. The number of hydrogen-bond donors (Lipinski definition) is 1. The van der Waals surface area contributed by atoms with Crippen molar-refractivity contribution in [3.63, 3.8) is 0 Å². The first-order valence-electron chi connectivity index (χ1n) is 7.39. The number of nitrogens with one attached hydrogen (secondary N) is 1. The molecule has 2 aromatic carbocycles. The van der Waals surface area contributed by atoms with Crippen LogP contribution in [0.4, 0.5) is 10.1 Å². The lowest BCUT2D eigenvalue weighted by atomic mass is 10.1. The monoisotopic (exact) mass is 300 g/mol. The fourth-order valence-corrected chi connectivity index (χ4v) is 2.24. The number of amides is 1. The molecule has 0 bridgehead atoms. The number of hydrogen-bond acceptors (Lipinski definition) is 2. The standard InChI is InChI=1S/C18H21FN2O/c1-3-14-8-10-16(11-9-14)20-18(22)13-21(2)12-15-6-4-5-7-17(15)19/h4-11H,3,12-13H2,1-2H3,(H,20,22). The molecule has 0 atom stereocenters. The quantitative estimate of drug-likeness (QED) is 0.886. The third kappa shape index (κ3) is 4.67. The van der Waals surface area contributed by atoms with Crippen LogP contribution in [-0.4, -0.2) is 24.4 Å². The van der Waals surface area contributed by atoms with Crippen molar-refractivity contribution in [2.45, 2.75) is 19.9 Å². The summed E-state index contributed by atoms with van der Waals surface area (Å²) in [7, 11) is 1.80. The second-order valence-corrected chi connectivity index (χ2v) is 5.36. The van der Waals surface area contributed by atoms with Crippen LogP contribution < -0.4 is 5.32 Å². The Labute approximate surface area is 130 Å². The summed E-state index contributed by atoms with van der Waals surface area (Å²) in [6.07, 6.45) is 0.972. The highest BCUT2D eigenvalue weighted by atomic mass is 19.1. The molecular formula is C18H21FN2O. The van der Waals surface area contributed by atoms with Crippen LogP contribution in [0.3, 0.4) is 0 Å². The van der Waals surface area contributed by atoms with E-state index in [1.807, 2.05) is 24.3 Å². The Bertz CT molecular complexity index is 625. The first kappa shape index (κ1) is 16.2. The first-order chi connectivity index (χ1) is 10.6. The van der Waals surface area contributed by atoms with Crippen molar-refractivity contribution in [2.75, 3.05) is 18.9 Å². The van der Waals surface area contributed by atoms with Gasteiger partial charge in [-0.05, 0) is 37.2 Å². The molecule has 0 saturated carbocycles. The lowest BCUT2D eigenvalue weighted by molar-refractivity contribution is -0.117. The Balaban J connectivity index is 1.87. The van der Waals surface area contributed by atoms with E-state index in [0.717, 1.165) is 12.1 Å². The normalized spacial score (nSPS) is 10.7. The largest absolute Gasteiger partial charge is 0.325 e. The molecule has 1 amide bonds. The van der Waals surface area contributed by atoms with Crippen molar-refractivity contribution in [1.82, 2.24) is 4.90 Å². The van der Waals surface area contributed by atoms with Crippen LogP contribution in [0.1, 0.15) is 18.1 Å². The highest BCUT2D eigenvalue weighted by Crippen LogP contribution is 2.11. The zero-order valence-electron chi connectivity index (χ0n) is 13.0. The number of benzene rings is 2. The van der Waals surface area contributed by atoms with E-state index in [1.54, 1.807) is 30.1 Å². The van der Waals surface area contributed by atoms with Gasteiger partial charge < -0.3 is 5.32 Å². The van der Waals surface area contributed by atoms with E-state index in [9.17, 15) is 9.18 Å². The van der Waals surface area contributed by atoms with Crippen molar-refractivity contribution in [3.8, 4) is 0 Å². The summed E-state index contributed by atoms with van der Waals surface area (Å²) in [6.45, 7) is 2.70. The number of anilines is 1. The number of halogens is 1. The average Bonchev–Trinajstić information content (AvgIpc) is 2.50. The molecule has 0 unspecified atom stereocenters. The summed E-state index contributed by atoms with van der Waals surface area (Å²) < 4.78 is 13.6. The van der Waals surface area contributed by atoms with Crippen molar-refractivity contribution >= 4 is 11.6 Å². The number of nitrogens with zero attached hydrogens (tertiary/aromatic N) is 1. The number of carbonyl (C=O) groups excluding carboxylic acids is 1. The van der Waals surface area contributed by atoms with Crippen molar-refractivity contribution in [1.29, 1.82) is 0 Å². The predicted molar refractivity (Wildman–Crippen MR) is 87.2 cm³/mol. The third-order valence-electron chi connectivity index (χ3n) is 3.46. The molecule has 3 nitrogen and oxygen atoms in total. The summed E-state index contributed by atoms with van der Waals surface area (Å²) >= 11 is 0. The maximum absolute atomic E-state index is 13.6. The minimum Gasteiger partial charge on any atom is -0.325 e. The third-order valence-corrected chi connectivity index (χ3v) is 3.46. The maximum atomic E-state index is 13.6. The Morgan fingerprint density at radius 3 is 2.45 bits per heavy atom. The molecule has 0 radical (unpaired) electrons. The van der Waals surface area contributed by atoms with Gasteiger partial charge in [0, 0.05) is 17.8 Å². The van der Waals surface area contributed by atoms with Crippen LogP contribution in [0.25, 0.3) is 0 Å². The second kappa shape index (κ2) is 7.71. The molecule has 0 fully saturated rings. The fraction of sp³-hybridized carbons (Fsp3) is 0.278. The van der Waals surface area contributed by atoms with Crippen LogP contribution in [0.2, 0.25) is 0 Å². The van der Waals surface area contributed by atoms with Crippen LogP contribution in [0, 0.1) is 5.82 Å². The summed E-state index contributed by atoms with van der Waals surface area (Å²) in [6, 6.07) is 14.4. The molecular weight excluding hydrogens is 279 g/mol.